The molecule has 0 atom stereocenters. The number of likely N-dealkylation sites (N-methyl/N-ethyl adjacent to an activating group) is 1. The molecule has 0 unspecified atom stereocenters. The van der Waals surface area contributed by atoms with Gasteiger partial charge < -0.3 is 9.80 Å². The number of nitrogens with zero attached hydrogens (tertiary/aromatic N) is 3. The van der Waals surface area contributed by atoms with Gasteiger partial charge in [-0.05, 0) is 38.4 Å². The third-order valence-electron chi connectivity index (χ3n) is 4.96. The smallest absolute Gasteiger partial charge is 0.208 e. The molecule has 1 saturated heterocycles. The highest BCUT2D eigenvalue weighted by atomic mass is 32.2. The van der Waals surface area contributed by atoms with Gasteiger partial charge in [-0.25, -0.2) is 8.42 Å². The molecule has 2 heterocycles. The van der Waals surface area contributed by atoms with Crippen molar-refractivity contribution in [2.75, 3.05) is 32.1 Å². The van der Waals surface area contributed by atoms with Crippen molar-refractivity contribution in [3.05, 3.63) is 60.8 Å². The van der Waals surface area contributed by atoms with Crippen LogP contribution in [0.3, 0.4) is 0 Å². The molecule has 0 bridgehead atoms. The summed E-state index contributed by atoms with van der Waals surface area (Å²) in [5, 5.41) is 0.841. The minimum atomic E-state index is -3.56. The Kier molecular flexibility index (Phi) is 4.17. The van der Waals surface area contributed by atoms with E-state index in [4.69, 9.17) is 0 Å². The van der Waals surface area contributed by atoms with E-state index in [-0.39, 0.29) is 9.79 Å². The van der Waals surface area contributed by atoms with Gasteiger partial charge in [-0.3, -0.25) is 4.98 Å². The highest BCUT2D eigenvalue weighted by Crippen LogP contribution is 2.31. The molecule has 4 rings (SSSR count). The lowest BCUT2D eigenvalue weighted by molar-refractivity contribution is 0.247. The fourth-order valence-electron chi connectivity index (χ4n) is 3.24. The average Bonchev–Trinajstić information content (AvgIpc) is 2.60. The maximum absolute atomic E-state index is 12.8. The van der Waals surface area contributed by atoms with Gasteiger partial charge in [0.15, 0.2) is 0 Å². The molecule has 0 spiro atoms. The zero-order chi connectivity index (χ0) is 18.3. The van der Waals surface area contributed by atoms with Crippen LogP contribution in [0.2, 0.25) is 0 Å². The monoisotopic (exact) mass is 367 g/mol. The minimum absolute atomic E-state index is 0.225. The van der Waals surface area contributed by atoms with Crippen molar-refractivity contribution < 1.29 is 8.42 Å². The molecule has 3 aromatic rings. The van der Waals surface area contributed by atoms with E-state index < -0.39 is 9.84 Å². The van der Waals surface area contributed by atoms with Crippen molar-refractivity contribution >= 4 is 26.4 Å². The van der Waals surface area contributed by atoms with Gasteiger partial charge in [0, 0.05) is 30.7 Å². The fourth-order valence-corrected chi connectivity index (χ4v) is 4.50. The molecule has 1 aliphatic rings. The molecule has 0 saturated carbocycles. The van der Waals surface area contributed by atoms with Gasteiger partial charge >= 0.3 is 0 Å². The van der Waals surface area contributed by atoms with Crippen molar-refractivity contribution in [2.24, 2.45) is 0 Å². The molecule has 0 aliphatic carbocycles. The Morgan fingerprint density at radius 1 is 1.00 bits per heavy atom. The number of aromatic nitrogens is 1. The fraction of sp³-hybridized carbons (Fsp3) is 0.250. The van der Waals surface area contributed by atoms with E-state index in [0.29, 0.717) is 6.04 Å². The van der Waals surface area contributed by atoms with Gasteiger partial charge in [0.25, 0.3) is 0 Å². The Morgan fingerprint density at radius 2 is 1.73 bits per heavy atom. The van der Waals surface area contributed by atoms with E-state index in [0.717, 1.165) is 29.7 Å². The number of sulfone groups is 1. The number of anilines is 1. The SMILES string of the molecule is CN(C)C1CN(c2cccc3cc(S(=O)(=O)c4ccccc4)cnc23)C1. The quantitative estimate of drug-likeness (QED) is 0.710. The van der Waals surface area contributed by atoms with Gasteiger partial charge in [0.2, 0.25) is 9.84 Å². The standard InChI is InChI=1S/C20H21N3O2S/c1-22(2)16-13-23(14-16)19-10-6-7-15-11-18(12-21-20(15)19)26(24,25)17-8-4-3-5-9-17/h3-12,16H,13-14H2,1-2H3. The summed E-state index contributed by atoms with van der Waals surface area (Å²) >= 11 is 0. The van der Waals surface area contributed by atoms with Gasteiger partial charge in [-0.15, -0.1) is 0 Å². The maximum atomic E-state index is 12.8. The Labute approximate surface area is 153 Å². The number of pyridine rings is 1. The van der Waals surface area contributed by atoms with Gasteiger partial charge in [0.05, 0.1) is 21.0 Å². The van der Waals surface area contributed by atoms with Crippen LogP contribution in [0.1, 0.15) is 0 Å². The summed E-state index contributed by atoms with van der Waals surface area (Å²) < 4.78 is 25.7. The van der Waals surface area contributed by atoms with E-state index >= 15 is 0 Å². The predicted octanol–water partition coefficient (Wildman–Crippen LogP) is 2.82. The van der Waals surface area contributed by atoms with Crippen LogP contribution < -0.4 is 4.90 Å². The molecule has 0 radical (unpaired) electrons. The summed E-state index contributed by atoms with van der Waals surface area (Å²) in [4.78, 5) is 9.53. The summed E-state index contributed by atoms with van der Waals surface area (Å²) in [5.74, 6) is 0. The molecule has 26 heavy (non-hydrogen) atoms. The summed E-state index contributed by atoms with van der Waals surface area (Å²) in [5.41, 5.74) is 1.90. The largest absolute Gasteiger partial charge is 0.366 e. The first-order valence-electron chi connectivity index (χ1n) is 8.57. The second-order valence-corrected chi connectivity index (χ2v) is 8.81. The lowest BCUT2D eigenvalue weighted by Gasteiger charge is -2.44. The molecule has 1 fully saturated rings. The van der Waals surface area contributed by atoms with Crippen molar-refractivity contribution in [2.45, 2.75) is 15.8 Å². The van der Waals surface area contributed by atoms with E-state index in [1.54, 1.807) is 36.4 Å². The Bertz CT molecular complexity index is 1040. The molecule has 1 aromatic heterocycles. The first-order chi connectivity index (χ1) is 12.5. The molecule has 5 nitrogen and oxygen atoms in total. The highest BCUT2D eigenvalue weighted by Gasteiger charge is 2.29. The number of benzene rings is 2. The number of hydrogen-bond donors (Lipinski definition) is 0. The van der Waals surface area contributed by atoms with E-state index in [2.05, 4.69) is 28.9 Å². The summed E-state index contributed by atoms with van der Waals surface area (Å²) in [6.07, 6.45) is 1.47. The van der Waals surface area contributed by atoms with Gasteiger partial charge in [0.1, 0.15) is 0 Å². The first-order valence-corrected chi connectivity index (χ1v) is 10.1. The first kappa shape index (κ1) is 17.0. The van der Waals surface area contributed by atoms with E-state index in [1.807, 2.05) is 18.2 Å². The van der Waals surface area contributed by atoms with Crippen molar-refractivity contribution in [1.82, 2.24) is 9.88 Å². The Balaban J connectivity index is 1.72. The number of hydrogen-bond acceptors (Lipinski definition) is 5. The highest BCUT2D eigenvalue weighted by molar-refractivity contribution is 7.91. The lowest BCUT2D eigenvalue weighted by atomic mass is 10.1. The van der Waals surface area contributed by atoms with E-state index in [9.17, 15) is 8.42 Å². The third kappa shape index (κ3) is 2.85. The van der Waals surface area contributed by atoms with Crippen LogP contribution in [-0.4, -0.2) is 51.5 Å². The third-order valence-corrected chi connectivity index (χ3v) is 6.70. The van der Waals surface area contributed by atoms with Gasteiger partial charge in [-0.1, -0.05) is 30.3 Å². The zero-order valence-electron chi connectivity index (χ0n) is 14.8. The van der Waals surface area contributed by atoms with Crippen molar-refractivity contribution in [3.8, 4) is 0 Å². The van der Waals surface area contributed by atoms with E-state index in [1.165, 1.54) is 6.20 Å². The molecule has 1 aliphatic heterocycles. The number of para-hydroxylation sites is 1. The molecular weight excluding hydrogens is 346 g/mol. The summed E-state index contributed by atoms with van der Waals surface area (Å²) in [7, 11) is 0.617. The number of fused-ring (bicyclic) bond motifs is 1. The van der Waals surface area contributed by atoms with Crippen LogP contribution in [0.25, 0.3) is 10.9 Å². The molecular formula is C20H21N3O2S. The average molecular weight is 367 g/mol. The maximum Gasteiger partial charge on any atom is 0.208 e. The molecule has 6 heteroatoms. The second kappa shape index (κ2) is 6.37. The molecule has 134 valence electrons. The van der Waals surface area contributed by atoms with Crippen LogP contribution in [0.15, 0.2) is 70.6 Å². The molecule has 0 amide bonds. The summed E-state index contributed by atoms with van der Waals surface area (Å²) in [6, 6.07) is 16.7. The van der Waals surface area contributed by atoms with Crippen molar-refractivity contribution in [1.29, 1.82) is 0 Å². The lowest BCUT2D eigenvalue weighted by Crippen LogP contribution is -2.57. The Hall–Kier alpha value is -2.44. The predicted molar refractivity (Wildman–Crippen MR) is 103 cm³/mol. The summed E-state index contributed by atoms with van der Waals surface area (Å²) in [6.45, 7) is 1.91. The van der Waals surface area contributed by atoms with Crippen LogP contribution >= 0.6 is 0 Å². The van der Waals surface area contributed by atoms with Crippen LogP contribution in [0, 0.1) is 0 Å². The second-order valence-electron chi connectivity index (χ2n) is 6.86. The molecule has 0 N–H and O–H groups in total. The topological polar surface area (TPSA) is 53.5 Å². The van der Waals surface area contributed by atoms with Crippen LogP contribution in [0.4, 0.5) is 5.69 Å². The van der Waals surface area contributed by atoms with Crippen LogP contribution in [-0.2, 0) is 9.84 Å². The van der Waals surface area contributed by atoms with Crippen molar-refractivity contribution in [3.63, 3.8) is 0 Å². The van der Waals surface area contributed by atoms with Crippen LogP contribution in [0.5, 0.6) is 0 Å². The normalized spacial score (nSPS) is 15.4. The zero-order valence-corrected chi connectivity index (χ0v) is 15.6. The Morgan fingerprint density at radius 3 is 2.42 bits per heavy atom. The number of rotatable bonds is 4. The van der Waals surface area contributed by atoms with Gasteiger partial charge in [-0.2, -0.15) is 0 Å². The minimum Gasteiger partial charge on any atom is -0.366 e. The molecule has 2 aromatic carbocycles.